The molecule has 9 nitrogen and oxygen atoms in total. The summed E-state index contributed by atoms with van der Waals surface area (Å²) in [5, 5.41) is 7.72. The molecule has 1 aromatic carbocycles. The van der Waals surface area contributed by atoms with Crippen molar-refractivity contribution in [2.24, 2.45) is 4.99 Å². The third-order valence-corrected chi connectivity index (χ3v) is 9.12. The number of piperidine rings is 1. The number of nitrogens with one attached hydrogen (secondary N) is 2. The molecule has 0 radical (unpaired) electrons. The first-order chi connectivity index (χ1) is 18.0. The van der Waals surface area contributed by atoms with Crippen LogP contribution in [-0.2, 0) is 5.92 Å². The number of aromatic nitrogens is 2. The number of hydrogen-bond acceptors (Lipinski definition) is 10. The lowest BCUT2D eigenvalue weighted by Gasteiger charge is -2.38. The highest BCUT2D eigenvalue weighted by atomic mass is 35.5. The molecule has 0 aliphatic carbocycles. The van der Waals surface area contributed by atoms with Crippen molar-refractivity contribution < 1.29 is 13.6 Å². The van der Waals surface area contributed by atoms with Crippen LogP contribution >= 0.6 is 34.9 Å². The van der Waals surface area contributed by atoms with E-state index in [0.29, 0.717) is 31.2 Å². The Balaban J connectivity index is 1.22. The summed E-state index contributed by atoms with van der Waals surface area (Å²) in [4.78, 5) is 25.7. The molecule has 14 heteroatoms. The smallest absolute Gasteiger partial charge is 0.280 e. The topological polar surface area (TPSA) is 135 Å². The molecule has 2 aliphatic heterocycles. The van der Waals surface area contributed by atoms with Crippen LogP contribution in [0.3, 0.4) is 0 Å². The van der Waals surface area contributed by atoms with Crippen LogP contribution in [0.5, 0.6) is 0 Å². The molecule has 1 saturated heterocycles. The second-order valence-electron chi connectivity index (χ2n) is 9.24. The van der Waals surface area contributed by atoms with Gasteiger partial charge in [0.15, 0.2) is 28.4 Å². The number of alkyl halides is 2. The maximum absolute atomic E-state index is 14.4. The van der Waals surface area contributed by atoms with Crippen molar-refractivity contribution in [3.05, 3.63) is 51.4 Å². The summed E-state index contributed by atoms with van der Waals surface area (Å²) < 4.78 is 31.0. The predicted molar refractivity (Wildman–Crippen MR) is 147 cm³/mol. The van der Waals surface area contributed by atoms with E-state index in [1.807, 2.05) is 35.7 Å². The Hall–Kier alpha value is -3.00. The highest BCUT2D eigenvalue weighted by Crippen LogP contribution is 2.47. The van der Waals surface area contributed by atoms with Gasteiger partial charge >= 0.3 is 0 Å². The van der Waals surface area contributed by atoms with Crippen LogP contribution in [0.15, 0.2) is 45.6 Å². The molecule has 2 aromatic heterocycles. The number of nitrogens with zero attached hydrogens (tertiary/aromatic N) is 4. The van der Waals surface area contributed by atoms with Crippen molar-refractivity contribution in [3.8, 4) is 11.1 Å². The average molecular weight is 579 g/mol. The van der Waals surface area contributed by atoms with E-state index in [2.05, 4.69) is 29.9 Å². The zero-order chi connectivity index (χ0) is 27.1. The van der Waals surface area contributed by atoms with Gasteiger partial charge in [-0.3, -0.25) is 15.1 Å². The van der Waals surface area contributed by atoms with Crippen molar-refractivity contribution in [1.29, 1.82) is 0 Å². The van der Waals surface area contributed by atoms with Gasteiger partial charge in [-0.2, -0.15) is 0 Å². The van der Waals surface area contributed by atoms with E-state index >= 15 is 0 Å². The normalized spacial score (nSPS) is 17.3. The van der Waals surface area contributed by atoms with Crippen LogP contribution in [0.1, 0.15) is 35.1 Å². The zero-order valence-corrected chi connectivity index (χ0v) is 22.7. The number of carbonyl (C=O) groups is 1. The Morgan fingerprint density at radius 2 is 1.92 bits per heavy atom. The number of halogens is 3. The van der Waals surface area contributed by atoms with Crippen LogP contribution in [0.4, 0.5) is 20.4 Å². The SMILES string of the molecule is CC(F)(F)c1scc(SN2CCC3(CC2)CN=C(NC(=O)c2nc(Cl)c(N)nc2N)N3)c1-c1ccccc1. The quantitative estimate of drug-likeness (QED) is 0.328. The second kappa shape index (κ2) is 10.3. The fourth-order valence-corrected chi connectivity index (χ4v) is 6.80. The monoisotopic (exact) mass is 578 g/mol. The number of thiophene rings is 1. The van der Waals surface area contributed by atoms with Crippen LogP contribution < -0.4 is 22.1 Å². The van der Waals surface area contributed by atoms with E-state index in [1.165, 1.54) is 11.9 Å². The number of anilines is 2. The van der Waals surface area contributed by atoms with Crippen molar-refractivity contribution in [2.75, 3.05) is 31.1 Å². The number of guanidine groups is 1. The fraction of sp³-hybridized carbons (Fsp3) is 0.333. The lowest BCUT2D eigenvalue weighted by molar-refractivity contribution is 0.0219. The van der Waals surface area contributed by atoms with E-state index in [-0.39, 0.29) is 32.9 Å². The number of hydrogen-bond donors (Lipinski definition) is 4. The van der Waals surface area contributed by atoms with E-state index in [1.54, 1.807) is 0 Å². The highest BCUT2D eigenvalue weighted by molar-refractivity contribution is 7.97. The first kappa shape index (κ1) is 26.6. The summed E-state index contributed by atoms with van der Waals surface area (Å²) in [6.45, 7) is 2.85. The van der Waals surface area contributed by atoms with Crippen LogP contribution in [0.25, 0.3) is 11.1 Å². The van der Waals surface area contributed by atoms with Gasteiger partial charge in [-0.15, -0.1) is 11.3 Å². The molecular formula is C24H25ClF2N8OS2. The molecule has 200 valence electrons. The largest absolute Gasteiger partial charge is 0.382 e. The first-order valence-corrected chi connectivity index (χ1v) is 13.8. The second-order valence-corrected chi connectivity index (χ2v) is 11.6. The van der Waals surface area contributed by atoms with Crippen LogP contribution in [0.2, 0.25) is 5.15 Å². The Morgan fingerprint density at radius 1 is 1.21 bits per heavy atom. The molecule has 2 aliphatic rings. The molecule has 1 amide bonds. The summed E-state index contributed by atoms with van der Waals surface area (Å²) in [6.07, 6.45) is 1.50. The summed E-state index contributed by atoms with van der Waals surface area (Å²) in [5.74, 6) is -3.39. The molecule has 38 heavy (non-hydrogen) atoms. The molecule has 0 saturated carbocycles. The van der Waals surface area contributed by atoms with Crippen molar-refractivity contribution in [2.45, 2.75) is 36.1 Å². The van der Waals surface area contributed by atoms with Gasteiger partial charge in [0.25, 0.3) is 11.8 Å². The molecule has 5 rings (SSSR count). The van der Waals surface area contributed by atoms with Crippen molar-refractivity contribution >= 4 is 58.4 Å². The van der Waals surface area contributed by atoms with Gasteiger partial charge in [-0.25, -0.2) is 23.1 Å². The van der Waals surface area contributed by atoms with Crippen molar-refractivity contribution in [1.82, 2.24) is 24.9 Å². The molecule has 6 N–H and O–H groups in total. The Kier molecular flexibility index (Phi) is 7.20. The van der Waals surface area contributed by atoms with E-state index in [9.17, 15) is 13.6 Å². The number of nitrogen functional groups attached to an aromatic ring is 2. The molecule has 3 aromatic rings. The van der Waals surface area contributed by atoms with Gasteiger partial charge in [0.05, 0.1) is 17.0 Å². The number of benzene rings is 1. The molecule has 1 spiro atoms. The van der Waals surface area contributed by atoms with Gasteiger partial charge in [0.2, 0.25) is 0 Å². The molecule has 4 heterocycles. The Labute approximate surface area is 231 Å². The van der Waals surface area contributed by atoms with Crippen LogP contribution in [-0.4, -0.2) is 51.3 Å². The summed E-state index contributed by atoms with van der Waals surface area (Å²) >= 11 is 8.47. The third kappa shape index (κ3) is 5.41. The minimum atomic E-state index is -2.93. The van der Waals surface area contributed by atoms with E-state index in [4.69, 9.17) is 23.1 Å². The maximum atomic E-state index is 14.4. The first-order valence-electron chi connectivity index (χ1n) is 11.8. The maximum Gasteiger partial charge on any atom is 0.280 e. The fourth-order valence-electron chi connectivity index (χ4n) is 4.44. The molecule has 0 bridgehead atoms. The number of carbonyl (C=O) groups excluding carboxylic acids is 1. The predicted octanol–water partition coefficient (Wildman–Crippen LogP) is 4.37. The summed E-state index contributed by atoms with van der Waals surface area (Å²) in [7, 11) is 0. The molecule has 0 atom stereocenters. The number of aliphatic imine (C=N–C) groups is 1. The minimum absolute atomic E-state index is 0.0569. The minimum Gasteiger partial charge on any atom is -0.382 e. The number of nitrogens with two attached hydrogens (primary N) is 2. The summed E-state index contributed by atoms with van der Waals surface area (Å²) in [6, 6.07) is 9.31. The van der Waals surface area contributed by atoms with Gasteiger partial charge < -0.3 is 16.8 Å². The number of amides is 1. The Bertz CT molecular complexity index is 1390. The zero-order valence-electron chi connectivity index (χ0n) is 20.3. The standard InChI is InChI=1S/C24H25ClF2N8OS2/c1-23(26,27)17-15(13-5-3-2-4-6-13)14(11-37-17)38-35-9-7-24(8-10-35)12-30-22(34-24)33-21(36)16-19(28)32-20(29)18(25)31-16/h2-6,11H,7-10,12H2,1H3,(H4,28,29,32)(H2,30,33,34,36). The lowest BCUT2D eigenvalue weighted by Crippen LogP contribution is -2.55. The Morgan fingerprint density at radius 3 is 2.61 bits per heavy atom. The van der Waals surface area contributed by atoms with Gasteiger partial charge in [0.1, 0.15) is 0 Å². The van der Waals surface area contributed by atoms with Crippen LogP contribution in [0, 0.1) is 0 Å². The average Bonchev–Trinajstić information content (AvgIpc) is 3.48. The van der Waals surface area contributed by atoms with Gasteiger partial charge in [0, 0.05) is 35.9 Å². The van der Waals surface area contributed by atoms with Gasteiger partial charge in [-0.1, -0.05) is 41.9 Å². The molecule has 0 unspecified atom stereocenters. The number of rotatable bonds is 5. The van der Waals surface area contributed by atoms with Gasteiger partial charge in [-0.05, 0) is 30.4 Å². The molecule has 1 fully saturated rings. The summed E-state index contributed by atoms with van der Waals surface area (Å²) in [5.41, 5.74) is 12.3. The lowest BCUT2D eigenvalue weighted by atomic mass is 9.89. The van der Waals surface area contributed by atoms with E-state index < -0.39 is 11.8 Å². The highest BCUT2D eigenvalue weighted by Gasteiger charge is 2.40. The molecular weight excluding hydrogens is 554 g/mol. The third-order valence-electron chi connectivity index (χ3n) is 6.40. The van der Waals surface area contributed by atoms with E-state index in [0.717, 1.165) is 41.6 Å². The van der Waals surface area contributed by atoms with Crippen molar-refractivity contribution in [3.63, 3.8) is 0 Å².